The SMILES string of the molecule is CCCCOC(=O)C(S)CCCC. The third-order valence-electron chi connectivity index (χ3n) is 1.85. The van der Waals surface area contributed by atoms with Crippen LogP contribution >= 0.6 is 12.6 Å². The lowest BCUT2D eigenvalue weighted by molar-refractivity contribution is -0.143. The summed E-state index contributed by atoms with van der Waals surface area (Å²) in [5, 5.41) is -0.225. The Bertz CT molecular complexity index is 137. The Morgan fingerprint density at radius 3 is 2.46 bits per heavy atom. The highest BCUT2D eigenvalue weighted by Gasteiger charge is 2.13. The minimum atomic E-state index is -0.225. The number of esters is 1. The van der Waals surface area contributed by atoms with Crippen molar-refractivity contribution in [3.63, 3.8) is 0 Å². The average molecular weight is 204 g/mol. The van der Waals surface area contributed by atoms with Gasteiger partial charge in [-0.3, -0.25) is 4.79 Å². The first-order valence-electron chi connectivity index (χ1n) is 5.07. The van der Waals surface area contributed by atoms with Crippen LogP contribution in [0.4, 0.5) is 0 Å². The summed E-state index contributed by atoms with van der Waals surface area (Å²) in [5.74, 6) is -0.162. The lowest BCUT2D eigenvalue weighted by Gasteiger charge is -2.09. The summed E-state index contributed by atoms with van der Waals surface area (Å²) >= 11 is 4.19. The Morgan fingerprint density at radius 2 is 1.92 bits per heavy atom. The van der Waals surface area contributed by atoms with E-state index in [0.29, 0.717) is 6.61 Å². The Kier molecular flexibility index (Phi) is 8.30. The van der Waals surface area contributed by atoms with E-state index in [2.05, 4.69) is 26.5 Å². The summed E-state index contributed by atoms with van der Waals surface area (Å²) in [6.45, 7) is 4.71. The van der Waals surface area contributed by atoms with E-state index in [1.165, 1.54) is 0 Å². The van der Waals surface area contributed by atoms with Gasteiger partial charge in [0.25, 0.3) is 0 Å². The average Bonchev–Trinajstić information content (AvgIpc) is 2.14. The van der Waals surface area contributed by atoms with Crippen LogP contribution < -0.4 is 0 Å². The summed E-state index contributed by atoms with van der Waals surface area (Å²) in [4.78, 5) is 11.2. The highest BCUT2D eigenvalue weighted by atomic mass is 32.1. The van der Waals surface area contributed by atoms with Gasteiger partial charge in [-0.2, -0.15) is 12.6 Å². The second-order valence-corrected chi connectivity index (χ2v) is 3.80. The van der Waals surface area contributed by atoms with Gasteiger partial charge in [0.05, 0.1) is 11.9 Å². The van der Waals surface area contributed by atoms with Gasteiger partial charge in [-0.15, -0.1) is 0 Å². The predicted octanol–water partition coefficient (Wildman–Crippen LogP) is 2.82. The highest BCUT2D eigenvalue weighted by Crippen LogP contribution is 2.08. The first-order valence-corrected chi connectivity index (χ1v) is 5.58. The number of carbonyl (C=O) groups is 1. The van der Waals surface area contributed by atoms with Gasteiger partial charge >= 0.3 is 5.97 Å². The Hall–Kier alpha value is -0.180. The van der Waals surface area contributed by atoms with Crippen LogP contribution in [0, 0.1) is 0 Å². The zero-order valence-electron chi connectivity index (χ0n) is 8.58. The largest absolute Gasteiger partial charge is 0.465 e. The molecule has 0 spiro atoms. The van der Waals surface area contributed by atoms with Crippen molar-refractivity contribution in [1.29, 1.82) is 0 Å². The molecular weight excluding hydrogens is 184 g/mol. The summed E-state index contributed by atoms with van der Waals surface area (Å²) < 4.78 is 5.03. The van der Waals surface area contributed by atoms with E-state index in [0.717, 1.165) is 32.1 Å². The molecule has 0 aliphatic heterocycles. The van der Waals surface area contributed by atoms with Gasteiger partial charge in [-0.25, -0.2) is 0 Å². The molecule has 0 aromatic heterocycles. The van der Waals surface area contributed by atoms with Crippen LogP contribution in [0.5, 0.6) is 0 Å². The molecule has 0 aliphatic rings. The Labute approximate surface area is 86.5 Å². The van der Waals surface area contributed by atoms with Crippen LogP contribution in [-0.2, 0) is 9.53 Å². The van der Waals surface area contributed by atoms with Gasteiger partial charge < -0.3 is 4.74 Å². The van der Waals surface area contributed by atoms with Gasteiger partial charge in [0.2, 0.25) is 0 Å². The molecule has 0 amide bonds. The summed E-state index contributed by atoms with van der Waals surface area (Å²) in [7, 11) is 0. The van der Waals surface area contributed by atoms with Crippen molar-refractivity contribution in [2.45, 2.75) is 51.2 Å². The maximum absolute atomic E-state index is 11.2. The van der Waals surface area contributed by atoms with Crippen LogP contribution in [0.15, 0.2) is 0 Å². The molecule has 0 saturated heterocycles. The zero-order chi connectivity index (χ0) is 10.1. The van der Waals surface area contributed by atoms with Crippen molar-refractivity contribution in [3.05, 3.63) is 0 Å². The van der Waals surface area contributed by atoms with E-state index in [1.54, 1.807) is 0 Å². The first kappa shape index (κ1) is 12.8. The number of hydrogen-bond donors (Lipinski definition) is 1. The van der Waals surface area contributed by atoms with Crippen molar-refractivity contribution in [1.82, 2.24) is 0 Å². The maximum Gasteiger partial charge on any atom is 0.318 e. The van der Waals surface area contributed by atoms with E-state index in [1.807, 2.05) is 0 Å². The molecule has 3 heteroatoms. The first-order chi connectivity index (χ1) is 6.22. The summed E-state index contributed by atoms with van der Waals surface area (Å²) in [5.41, 5.74) is 0. The van der Waals surface area contributed by atoms with Crippen LogP contribution in [0.2, 0.25) is 0 Å². The van der Waals surface area contributed by atoms with Crippen molar-refractivity contribution in [3.8, 4) is 0 Å². The molecule has 0 bridgehead atoms. The molecular formula is C10H20O2S. The molecule has 0 N–H and O–H groups in total. The lowest BCUT2D eigenvalue weighted by Crippen LogP contribution is -2.18. The van der Waals surface area contributed by atoms with Gasteiger partial charge in [-0.1, -0.05) is 33.1 Å². The predicted molar refractivity (Wildman–Crippen MR) is 58.2 cm³/mol. The minimum absolute atomic E-state index is 0.162. The van der Waals surface area contributed by atoms with Gasteiger partial charge in [0.15, 0.2) is 0 Å². The van der Waals surface area contributed by atoms with E-state index in [-0.39, 0.29) is 11.2 Å². The number of hydrogen-bond acceptors (Lipinski definition) is 3. The Morgan fingerprint density at radius 1 is 1.31 bits per heavy atom. The fourth-order valence-corrected chi connectivity index (χ4v) is 1.19. The smallest absolute Gasteiger partial charge is 0.318 e. The molecule has 0 saturated carbocycles. The van der Waals surface area contributed by atoms with E-state index in [9.17, 15) is 4.79 Å². The van der Waals surface area contributed by atoms with Crippen molar-refractivity contribution < 1.29 is 9.53 Å². The van der Waals surface area contributed by atoms with E-state index < -0.39 is 0 Å². The van der Waals surface area contributed by atoms with Crippen LogP contribution in [0.1, 0.15) is 46.0 Å². The molecule has 0 aliphatic carbocycles. The van der Waals surface area contributed by atoms with Gasteiger partial charge in [0.1, 0.15) is 0 Å². The fraction of sp³-hybridized carbons (Fsp3) is 0.900. The molecule has 0 fully saturated rings. The van der Waals surface area contributed by atoms with Crippen molar-refractivity contribution in [2.24, 2.45) is 0 Å². The monoisotopic (exact) mass is 204 g/mol. The van der Waals surface area contributed by atoms with E-state index in [4.69, 9.17) is 4.74 Å². The van der Waals surface area contributed by atoms with Gasteiger partial charge in [0, 0.05) is 0 Å². The lowest BCUT2D eigenvalue weighted by atomic mass is 10.2. The highest BCUT2D eigenvalue weighted by molar-refractivity contribution is 7.81. The molecule has 1 atom stereocenters. The molecule has 13 heavy (non-hydrogen) atoms. The Balaban J connectivity index is 3.45. The van der Waals surface area contributed by atoms with Crippen molar-refractivity contribution in [2.75, 3.05) is 6.61 Å². The van der Waals surface area contributed by atoms with Crippen LogP contribution in [0.3, 0.4) is 0 Å². The molecule has 2 nitrogen and oxygen atoms in total. The normalized spacial score (nSPS) is 12.5. The second kappa shape index (κ2) is 8.42. The quantitative estimate of drug-likeness (QED) is 0.392. The molecule has 0 rings (SSSR count). The fourth-order valence-electron chi connectivity index (χ4n) is 0.929. The number of thiol groups is 1. The zero-order valence-corrected chi connectivity index (χ0v) is 9.48. The molecule has 1 unspecified atom stereocenters. The standard InChI is InChI=1S/C10H20O2S/c1-3-5-7-9(13)10(11)12-8-6-4-2/h9,13H,3-8H2,1-2H3. The molecule has 0 heterocycles. The molecule has 0 radical (unpaired) electrons. The minimum Gasteiger partial charge on any atom is -0.465 e. The second-order valence-electron chi connectivity index (χ2n) is 3.18. The van der Waals surface area contributed by atoms with Gasteiger partial charge in [-0.05, 0) is 12.8 Å². The summed E-state index contributed by atoms with van der Waals surface area (Å²) in [6, 6.07) is 0. The third-order valence-corrected chi connectivity index (χ3v) is 2.31. The molecule has 0 aromatic rings. The number of carbonyl (C=O) groups excluding carboxylic acids is 1. The maximum atomic E-state index is 11.2. The molecule has 78 valence electrons. The van der Waals surface area contributed by atoms with E-state index >= 15 is 0 Å². The molecule has 0 aromatic carbocycles. The number of unbranched alkanes of at least 4 members (excludes halogenated alkanes) is 2. The van der Waals surface area contributed by atoms with Crippen molar-refractivity contribution >= 4 is 18.6 Å². The third kappa shape index (κ3) is 6.94. The number of rotatable bonds is 7. The van der Waals surface area contributed by atoms with Crippen LogP contribution in [-0.4, -0.2) is 17.8 Å². The summed E-state index contributed by atoms with van der Waals surface area (Å²) in [6.07, 6.45) is 4.96. The van der Waals surface area contributed by atoms with Crippen LogP contribution in [0.25, 0.3) is 0 Å². The number of ether oxygens (including phenoxy) is 1. The topological polar surface area (TPSA) is 26.3 Å².